The predicted molar refractivity (Wildman–Crippen MR) is 138 cm³/mol. The maximum atomic E-state index is 15.2. The first-order valence-corrected chi connectivity index (χ1v) is 12.9. The van der Waals surface area contributed by atoms with Crippen molar-refractivity contribution in [2.75, 3.05) is 14.2 Å². The number of hydrogen-bond donors (Lipinski definition) is 0. The van der Waals surface area contributed by atoms with Gasteiger partial charge in [-0.15, -0.1) is 0 Å². The van der Waals surface area contributed by atoms with Gasteiger partial charge in [-0.25, -0.2) is 4.39 Å². The molecule has 37 heavy (non-hydrogen) atoms. The lowest BCUT2D eigenvalue weighted by Gasteiger charge is -2.37. The molecule has 0 bridgehead atoms. The van der Waals surface area contributed by atoms with Gasteiger partial charge in [0.1, 0.15) is 17.8 Å². The van der Waals surface area contributed by atoms with E-state index in [4.69, 9.17) is 19.2 Å². The topological polar surface area (TPSA) is 74.2 Å². The number of aliphatic imine (C=N–C) groups is 1. The normalized spacial score (nSPS) is 23.9. The van der Waals surface area contributed by atoms with Gasteiger partial charge in [0, 0.05) is 29.3 Å². The summed E-state index contributed by atoms with van der Waals surface area (Å²) in [5, 5.41) is 0. The highest BCUT2D eigenvalue weighted by Gasteiger charge is 2.46. The van der Waals surface area contributed by atoms with Crippen molar-refractivity contribution in [1.29, 1.82) is 0 Å². The number of carbonyl (C=O) groups is 2. The molecule has 1 fully saturated rings. The molecule has 1 saturated carbocycles. The Balaban J connectivity index is 1.54. The van der Waals surface area contributed by atoms with Gasteiger partial charge in [-0.1, -0.05) is 24.3 Å². The molecule has 0 saturated heterocycles. The van der Waals surface area contributed by atoms with Gasteiger partial charge in [-0.05, 0) is 74.3 Å². The summed E-state index contributed by atoms with van der Waals surface area (Å²) in [7, 11) is 3.15. The maximum absolute atomic E-state index is 15.2. The highest BCUT2D eigenvalue weighted by molar-refractivity contribution is 6.09. The van der Waals surface area contributed by atoms with Crippen molar-refractivity contribution in [3.05, 3.63) is 70.7 Å². The molecule has 6 nitrogen and oxygen atoms in total. The zero-order valence-corrected chi connectivity index (χ0v) is 21.5. The second-order valence-electron chi connectivity index (χ2n) is 10.1. The molecule has 2 aromatic rings. The van der Waals surface area contributed by atoms with E-state index in [2.05, 4.69) is 0 Å². The minimum Gasteiger partial charge on any atom is -0.493 e. The molecule has 0 spiro atoms. The van der Waals surface area contributed by atoms with Crippen LogP contribution in [0.15, 0.2) is 58.7 Å². The number of rotatable bonds is 6. The van der Waals surface area contributed by atoms with Crippen LogP contribution in [-0.4, -0.2) is 37.8 Å². The average Bonchev–Trinajstić information content (AvgIpc) is 3.40. The van der Waals surface area contributed by atoms with Crippen molar-refractivity contribution in [2.45, 2.75) is 63.4 Å². The van der Waals surface area contributed by atoms with E-state index in [1.165, 1.54) is 6.07 Å². The molecule has 5 rings (SSSR count). The Labute approximate surface area is 216 Å². The van der Waals surface area contributed by atoms with Crippen LogP contribution in [0.3, 0.4) is 0 Å². The number of esters is 1. The minimum atomic E-state index is -0.835. The number of nitrogens with zero attached hydrogens (tertiary/aromatic N) is 1. The summed E-state index contributed by atoms with van der Waals surface area (Å²) in [5.41, 5.74) is 2.87. The van der Waals surface area contributed by atoms with Crippen molar-refractivity contribution in [3.8, 4) is 11.5 Å². The molecule has 194 valence electrons. The molecule has 2 aromatic carbocycles. The zero-order valence-electron chi connectivity index (χ0n) is 21.5. The molecule has 0 amide bonds. The predicted octanol–water partition coefficient (Wildman–Crippen LogP) is 5.90. The van der Waals surface area contributed by atoms with Gasteiger partial charge in [-0.2, -0.15) is 0 Å². The molecule has 7 heteroatoms. The third kappa shape index (κ3) is 4.79. The SMILES string of the molecule is COc1ccc([C@@H]2CC(=O)C3=C(C2)N=C(C)C(C(=O)OC2CCCC2)[C@H]3c2ccccc2F)cc1OC. The zero-order chi connectivity index (χ0) is 26.1. The van der Waals surface area contributed by atoms with Gasteiger partial charge in [0.25, 0.3) is 0 Å². The van der Waals surface area contributed by atoms with E-state index in [1.54, 1.807) is 39.3 Å². The molecule has 0 N–H and O–H groups in total. The summed E-state index contributed by atoms with van der Waals surface area (Å²) in [6.45, 7) is 1.78. The number of Topliss-reactive ketones (excluding diaryl/α,β-unsaturated/α-hetero) is 1. The van der Waals surface area contributed by atoms with Crippen LogP contribution in [0.2, 0.25) is 0 Å². The number of ether oxygens (including phenoxy) is 3. The molecule has 0 radical (unpaired) electrons. The van der Waals surface area contributed by atoms with E-state index in [9.17, 15) is 9.59 Å². The Bertz CT molecular complexity index is 1280. The molecule has 1 unspecified atom stereocenters. The van der Waals surface area contributed by atoms with Crippen LogP contribution in [0.1, 0.15) is 68.4 Å². The lowest BCUT2D eigenvalue weighted by atomic mass is 9.69. The van der Waals surface area contributed by atoms with E-state index < -0.39 is 23.6 Å². The van der Waals surface area contributed by atoms with Crippen LogP contribution in [0.5, 0.6) is 11.5 Å². The van der Waals surface area contributed by atoms with Crippen LogP contribution in [0.25, 0.3) is 0 Å². The summed E-state index contributed by atoms with van der Waals surface area (Å²) < 4.78 is 31.8. The number of benzene rings is 2. The Morgan fingerprint density at radius 1 is 1.00 bits per heavy atom. The highest BCUT2D eigenvalue weighted by Crippen LogP contribution is 2.48. The first kappa shape index (κ1) is 25.2. The van der Waals surface area contributed by atoms with E-state index >= 15 is 4.39 Å². The van der Waals surface area contributed by atoms with Crippen molar-refractivity contribution in [3.63, 3.8) is 0 Å². The summed E-state index contributed by atoms with van der Waals surface area (Å²) >= 11 is 0. The number of carbonyl (C=O) groups excluding carboxylic acids is 2. The maximum Gasteiger partial charge on any atom is 0.315 e. The number of ketones is 1. The summed E-state index contributed by atoms with van der Waals surface area (Å²) in [4.78, 5) is 32.0. The summed E-state index contributed by atoms with van der Waals surface area (Å²) in [6, 6.07) is 12.0. The number of allylic oxidation sites excluding steroid dienone is 2. The van der Waals surface area contributed by atoms with Crippen LogP contribution in [0, 0.1) is 11.7 Å². The fraction of sp³-hybridized carbons (Fsp3) is 0.433. The fourth-order valence-corrected chi connectivity index (χ4v) is 6.01. The Hall–Kier alpha value is -3.48. The summed E-state index contributed by atoms with van der Waals surface area (Å²) in [6.07, 6.45) is 4.32. The Kier molecular flexibility index (Phi) is 7.13. The first-order chi connectivity index (χ1) is 17.9. The molecule has 3 aliphatic rings. The lowest BCUT2D eigenvalue weighted by molar-refractivity contribution is -0.151. The number of methoxy groups -OCH3 is 2. The Morgan fingerprint density at radius 2 is 1.73 bits per heavy atom. The Morgan fingerprint density at radius 3 is 2.43 bits per heavy atom. The number of halogens is 1. The third-order valence-electron chi connectivity index (χ3n) is 7.85. The molecule has 3 atom stereocenters. The standard InChI is InChI=1S/C30H32FNO5/c1-17-27(30(34)37-20-8-4-5-9-20)28(21-10-6-7-11-22(21)31)29-23(32-17)14-19(15-24(29)33)18-12-13-25(35-2)26(16-18)36-3/h6-7,10-13,16,19-20,27-28H,4-5,8-9,14-15H2,1-3H3/t19-,27?,28+/m0/s1. The van der Waals surface area contributed by atoms with E-state index in [-0.39, 0.29) is 24.2 Å². The van der Waals surface area contributed by atoms with Crippen molar-refractivity contribution in [1.82, 2.24) is 0 Å². The van der Waals surface area contributed by atoms with Crippen LogP contribution in [0.4, 0.5) is 4.39 Å². The monoisotopic (exact) mass is 505 g/mol. The van der Waals surface area contributed by atoms with Gasteiger partial charge >= 0.3 is 5.97 Å². The molecular formula is C30H32FNO5. The minimum absolute atomic E-state index is 0.120. The van der Waals surface area contributed by atoms with Gasteiger partial charge in [0.15, 0.2) is 17.3 Å². The number of hydrogen-bond acceptors (Lipinski definition) is 6. The summed E-state index contributed by atoms with van der Waals surface area (Å²) in [5.74, 6) is -1.50. The van der Waals surface area contributed by atoms with E-state index in [0.717, 1.165) is 31.2 Å². The third-order valence-corrected chi connectivity index (χ3v) is 7.85. The molecule has 0 aromatic heterocycles. The van der Waals surface area contributed by atoms with E-state index in [1.807, 2.05) is 18.2 Å². The second-order valence-corrected chi connectivity index (χ2v) is 10.1. The quantitative estimate of drug-likeness (QED) is 0.457. The first-order valence-electron chi connectivity index (χ1n) is 12.9. The van der Waals surface area contributed by atoms with Crippen LogP contribution >= 0.6 is 0 Å². The largest absolute Gasteiger partial charge is 0.493 e. The second kappa shape index (κ2) is 10.5. The van der Waals surface area contributed by atoms with Crippen LogP contribution < -0.4 is 9.47 Å². The molecule has 1 aliphatic heterocycles. The van der Waals surface area contributed by atoms with E-state index in [0.29, 0.717) is 40.5 Å². The highest BCUT2D eigenvalue weighted by atomic mass is 19.1. The molecule has 1 heterocycles. The van der Waals surface area contributed by atoms with Gasteiger partial charge in [0.05, 0.1) is 14.2 Å². The van der Waals surface area contributed by atoms with Gasteiger partial charge in [-0.3, -0.25) is 14.6 Å². The van der Waals surface area contributed by atoms with Crippen molar-refractivity contribution in [2.24, 2.45) is 10.9 Å². The molecular weight excluding hydrogens is 473 g/mol. The smallest absolute Gasteiger partial charge is 0.315 e. The van der Waals surface area contributed by atoms with Crippen molar-refractivity contribution < 1.29 is 28.2 Å². The molecule has 2 aliphatic carbocycles. The lowest BCUT2D eigenvalue weighted by Crippen LogP contribution is -2.39. The average molecular weight is 506 g/mol. The van der Waals surface area contributed by atoms with Gasteiger partial charge < -0.3 is 14.2 Å². The van der Waals surface area contributed by atoms with Crippen LogP contribution in [-0.2, 0) is 14.3 Å². The van der Waals surface area contributed by atoms with Gasteiger partial charge in [0.2, 0.25) is 0 Å². The van der Waals surface area contributed by atoms with Crippen molar-refractivity contribution >= 4 is 17.5 Å². The fourth-order valence-electron chi connectivity index (χ4n) is 6.01.